The molecule has 0 aliphatic carbocycles. The predicted molar refractivity (Wildman–Crippen MR) is 51.5 cm³/mol. The van der Waals surface area contributed by atoms with Crippen LogP contribution in [0, 0.1) is 0 Å². The summed E-state index contributed by atoms with van der Waals surface area (Å²) >= 11 is 0. The average molecular weight is 297 g/mol. The van der Waals surface area contributed by atoms with Gasteiger partial charge in [0.05, 0.1) is 6.61 Å². The smallest absolute Gasteiger partial charge is 0.420 e. The lowest BCUT2D eigenvalue weighted by Crippen LogP contribution is -2.67. The molecule has 0 heterocycles. The van der Waals surface area contributed by atoms with Crippen molar-refractivity contribution < 1.29 is 40.6 Å². The summed E-state index contributed by atoms with van der Waals surface area (Å²) < 4.78 is 84.2. The van der Waals surface area contributed by atoms with Crippen LogP contribution < -0.4 is 5.32 Å². The molecular formula is C9H13F6NO3. The predicted octanol–water partition coefficient (Wildman–Crippen LogP) is 2.63. The summed E-state index contributed by atoms with van der Waals surface area (Å²) in [6.45, 7) is 0.0544. The highest BCUT2D eigenvalue weighted by molar-refractivity contribution is 5.68. The zero-order chi connectivity index (χ0) is 15.3. The molecule has 0 aromatic rings. The van der Waals surface area contributed by atoms with Crippen LogP contribution in [0.5, 0.6) is 0 Å². The molecule has 0 aromatic carbocycles. The molecule has 0 fully saturated rings. The lowest BCUT2D eigenvalue weighted by Gasteiger charge is -2.36. The van der Waals surface area contributed by atoms with E-state index >= 15 is 0 Å². The zero-order valence-electron chi connectivity index (χ0n) is 10.1. The fourth-order valence-corrected chi connectivity index (χ4v) is 1.22. The fraction of sp³-hybridized carbons (Fsp3) is 0.889. The van der Waals surface area contributed by atoms with E-state index in [1.165, 1.54) is 7.11 Å². The van der Waals surface area contributed by atoms with E-state index in [-0.39, 0.29) is 6.61 Å². The Labute approximate surface area is 105 Å². The molecular weight excluding hydrogens is 284 g/mol. The van der Waals surface area contributed by atoms with E-state index in [1.807, 2.05) is 0 Å². The van der Waals surface area contributed by atoms with Crippen LogP contribution >= 0.6 is 0 Å². The number of alkyl carbamates (subject to hydrolysis) is 1. The topological polar surface area (TPSA) is 47.6 Å². The lowest BCUT2D eigenvalue weighted by atomic mass is 9.94. The summed E-state index contributed by atoms with van der Waals surface area (Å²) in [7, 11) is 1.23. The first kappa shape index (κ1) is 17.8. The lowest BCUT2D eigenvalue weighted by molar-refractivity contribution is -0.305. The van der Waals surface area contributed by atoms with Gasteiger partial charge in [-0.1, -0.05) is 6.92 Å². The Kier molecular flexibility index (Phi) is 5.91. The van der Waals surface area contributed by atoms with Gasteiger partial charge < -0.3 is 9.47 Å². The minimum atomic E-state index is -5.69. The number of methoxy groups -OCH3 is 1. The van der Waals surface area contributed by atoms with Gasteiger partial charge >= 0.3 is 18.4 Å². The second-order valence-electron chi connectivity index (χ2n) is 3.51. The monoisotopic (exact) mass is 297 g/mol. The molecule has 0 aliphatic heterocycles. The van der Waals surface area contributed by atoms with Crippen LogP contribution in [0.25, 0.3) is 0 Å². The summed E-state index contributed by atoms with van der Waals surface area (Å²) in [5.74, 6) is 0. The van der Waals surface area contributed by atoms with Crippen LogP contribution in [0.4, 0.5) is 31.1 Å². The van der Waals surface area contributed by atoms with Crippen molar-refractivity contribution in [2.45, 2.75) is 31.2 Å². The Hall–Kier alpha value is -1.19. The Balaban J connectivity index is 5.03. The summed E-state index contributed by atoms with van der Waals surface area (Å²) in [5.41, 5.74) is -4.33. The second kappa shape index (κ2) is 6.31. The second-order valence-corrected chi connectivity index (χ2v) is 3.51. The molecule has 114 valence electrons. The van der Waals surface area contributed by atoms with E-state index in [0.717, 1.165) is 5.32 Å². The highest BCUT2D eigenvalue weighted by atomic mass is 19.4. The number of ether oxygens (including phenoxy) is 2. The van der Waals surface area contributed by atoms with E-state index in [0.29, 0.717) is 6.92 Å². The molecule has 0 radical (unpaired) electrons. The van der Waals surface area contributed by atoms with Gasteiger partial charge in [-0.05, 0) is 6.42 Å². The maximum Gasteiger partial charge on any atom is 0.420 e. The SMILES string of the molecule is CCC(NC(=O)OCCOC)(C(F)(F)F)C(F)(F)F. The molecule has 0 atom stereocenters. The van der Waals surface area contributed by atoms with Crippen molar-refractivity contribution in [1.29, 1.82) is 0 Å². The highest BCUT2D eigenvalue weighted by Gasteiger charge is 2.70. The fourth-order valence-electron chi connectivity index (χ4n) is 1.22. The van der Waals surface area contributed by atoms with Crippen LogP contribution in [0.15, 0.2) is 0 Å². The first-order valence-electron chi connectivity index (χ1n) is 5.09. The van der Waals surface area contributed by atoms with E-state index in [1.54, 1.807) is 0 Å². The Bertz CT molecular complexity index is 287. The minimum absolute atomic E-state index is 0.148. The molecule has 1 N–H and O–H groups in total. The molecule has 19 heavy (non-hydrogen) atoms. The van der Waals surface area contributed by atoms with Gasteiger partial charge in [-0.25, -0.2) is 4.79 Å². The number of amides is 1. The van der Waals surface area contributed by atoms with Crippen LogP contribution in [0.2, 0.25) is 0 Å². The zero-order valence-corrected chi connectivity index (χ0v) is 10.1. The molecule has 0 rings (SSSR count). The van der Waals surface area contributed by atoms with E-state index < -0.39 is 37.0 Å². The highest BCUT2D eigenvalue weighted by Crippen LogP contribution is 2.45. The first-order valence-corrected chi connectivity index (χ1v) is 5.09. The Morgan fingerprint density at radius 1 is 1.05 bits per heavy atom. The van der Waals surface area contributed by atoms with Crippen molar-refractivity contribution in [3.63, 3.8) is 0 Å². The number of carbonyl (C=O) groups is 1. The quantitative estimate of drug-likeness (QED) is 0.627. The molecule has 0 saturated carbocycles. The number of alkyl halides is 6. The van der Waals surface area contributed by atoms with Crippen LogP contribution in [-0.2, 0) is 9.47 Å². The van der Waals surface area contributed by atoms with Gasteiger partial charge in [-0.2, -0.15) is 26.3 Å². The van der Waals surface area contributed by atoms with Crippen molar-refractivity contribution >= 4 is 6.09 Å². The van der Waals surface area contributed by atoms with Gasteiger partial charge in [0.2, 0.25) is 5.54 Å². The minimum Gasteiger partial charge on any atom is -0.447 e. The van der Waals surface area contributed by atoms with Crippen molar-refractivity contribution in [3.05, 3.63) is 0 Å². The molecule has 10 heteroatoms. The van der Waals surface area contributed by atoms with E-state index in [2.05, 4.69) is 9.47 Å². The van der Waals surface area contributed by atoms with Crippen LogP contribution in [0.3, 0.4) is 0 Å². The van der Waals surface area contributed by atoms with Gasteiger partial charge in [0.15, 0.2) is 0 Å². The van der Waals surface area contributed by atoms with Crippen LogP contribution in [-0.4, -0.2) is 44.3 Å². The van der Waals surface area contributed by atoms with Crippen molar-refractivity contribution in [3.8, 4) is 0 Å². The van der Waals surface area contributed by atoms with Gasteiger partial charge in [0.25, 0.3) is 0 Å². The third kappa shape index (κ3) is 4.15. The number of rotatable bonds is 5. The Morgan fingerprint density at radius 2 is 1.53 bits per heavy atom. The van der Waals surface area contributed by atoms with E-state index in [4.69, 9.17) is 0 Å². The van der Waals surface area contributed by atoms with Gasteiger partial charge in [0, 0.05) is 7.11 Å². The molecule has 0 saturated heterocycles. The number of carbonyl (C=O) groups excluding carboxylic acids is 1. The first-order chi connectivity index (χ1) is 8.52. The Morgan fingerprint density at radius 3 is 1.84 bits per heavy atom. The summed E-state index contributed by atoms with van der Waals surface area (Å²) in [6, 6.07) is 0. The third-order valence-corrected chi connectivity index (χ3v) is 2.33. The maximum absolute atomic E-state index is 12.6. The molecule has 0 aromatic heterocycles. The number of hydrogen-bond donors (Lipinski definition) is 1. The average Bonchev–Trinajstić information content (AvgIpc) is 2.22. The number of halogens is 6. The van der Waals surface area contributed by atoms with Crippen molar-refractivity contribution in [2.75, 3.05) is 20.3 Å². The molecule has 1 amide bonds. The number of nitrogens with one attached hydrogen (secondary N) is 1. The normalized spacial score (nSPS) is 13.3. The third-order valence-electron chi connectivity index (χ3n) is 2.33. The molecule has 0 aliphatic rings. The number of hydrogen-bond acceptors (Lipinski definition) is 3. The summed E-state index contributed by atoms with van der Waals surface area (Å²) in [6.07, 6.45) is -14.6. The van der Waals surface area contributed by atoms with Crippen LogP contribution in [0.1, 0.15) is 13.3 Å². The molecule has 0 bridgehead atoms. The molecule has 0 unspecified atom stereocenters. The van der Waals surface area contributed by atoms with Crippen molar-refractivity contribution in [2.24, 2.45) is 0 Å². The maximum atomic E-state index is 12.6. The molecule has 0 spiro atoms. The standard InChI is InChI=1S/C9H13F6NO3/c1-3-7(8(10,11)12,9(13,14)15)16-6(17)19-5-4-18-2/h3-5H2,1-2H3,(H,16,17). The van der Waals surface area contributed by atoms with Crippen molar-refractivity contribution in [1.82, 2.24) is 5.32 Å². The van der Waals surface area contributed by atoms with Gasteiger partial charge in [-0.3, -0.25) is 5.32 Å². The largest absolute Gasteiger partial charge is 0.447 e. The van der Waals surface area contributed by atoms with E-state index in [9.17, 15) is 31.1 Å². The summed E-state index contributed by atoms with van der Waals surface area (Å²) in [4.78, 5) is 11.0. The molecule has 4 nitrogen and oxygen atoms in total. The summed E-state index contributed by atoms with van der Waals surface area (Å²) in [5, 5.41) is 0.852. The van der Waals surface area contributed by atoms with Gasteiger partial charge in [-0.15, -0.1) is 0 Å². The van der Waals surface area contributed by atoms with Gasteiger partial charge in [0.1, 0.15) is 6.61 Å².